The zero-order valence-corrected chi connectivity index (χ0v) is 11.2. The van der Waals surface area contributed by atoms with Crippen molar-refractivity contribution in [2.75, 3.05) is 18.5 Å². The van der Waals surface area contributed by atoms with Gasteiger partial charge in [-0.05, 0) is 37.1 Å². The van der Waals surface area contributed by atoms with Crippen molar-refractivity contribution in [3.8, 4) is 0 Å². The summed E-state index contributed by atoms with van der Waals surface area (Å²) in [5.41, 5.74) is 0.559. The van der Waals surface area contributed by atoms with Crippen LogP contribution in [-0.2, 0) is 19.6 Å². The fourth-order valence-electron chi connectivity index (χ4n) is 1.93. The molecule has 6 nitrogen and oxygen atoms in total. The molecule has 1 heterocycles. The molecule has 0 atom stereocenters. The standard InChI is InChI=1S/C12H16N2O4S/c13-19(16,17)11-3-1-10(2-4-11)14-12(15)9-5-7-18-8-6-9/h1-4,9H,5-8H2,(H,14,15)(H2,13,16,17). The molecule has 7 heteroatoms. The van der Waals surface area contributed by atoms with Gasteiger partial charge in [0.2, 0.25) is 15.9 Å². The lowest BCUT2D eigenvalue weighted by molar-refractivity contribution is -0.122. The monoisotopic (exact) mass is 284 g/mol. The smallest absolute Gasteiger partial charge is 0.238 e. The Labute approximate surface area is 112 Å². The Hall–Kier alpha value is -1.44. The molecular formula is C12H16N2O4S. The van der Waals surface area contributed by atoms with Crippen LogP contribution in [-0.4, -0.2) is 27.5 Å². The third-order valence-electron chi connectivity index (χ3n) is 3.04. The number of anilines is 1. The number of carbonyl (C=O) groups is 1. The minimum atomic E-state index is -3.70. The van der Waals surface area contributed by atoms with Crippen LogP contribution in [0.4, 0.5) is 5.69 Å². The van der Waals surface area contributed by atoms with E-state index in [2.05, 4.69) is 5.32 Å². The maximum Gasteiger partial charge on any atom is 0.238 e. The largest absolute Gasteiger partial charge is 0.381 e. The summed E-state index contributed by atoms with van der Waals surface area (Å²) in [4.78, 5) is 12.0. The highest BCUT2D eigenvalue weighted by atomic mass is 32.2. The van der Waals surface area contributed by atoms with Crippen LogP contribution in [0.1, 0.15) is 12.8 Å². The lowest BCUT2D eigenvalue weighted by Crippen LogP contribution is -2.28. The van der Waals surface area contributed by atoms with Crippen LogP contribution in [0.15, 0.2) is 29.2 Å². The number of nitrogens with two attached hydrogens (primary N) is 1. The summed E-state index contributed by atoms with van der Waals surface area (Å²) in [5.74, 6) is -0.113. The average molecular weight is 284 g/mol. The van der Waals surface area contributed by atoms with E-state index in [0.29, 0.717) is 31.7 Å². The normalized spacial score (nSPS) is 17.1. The van der Waals surface area contributed by atoms with Crippen molar-refractivity contribution in [1.29, 1.82) is 0 Å². The number of primary sulfonamides is 1. The van der Waals surface area contributed by atoms with Gasteiger partial charge < -0.3 is 10.1 Å². The zero-order chi connectivity index (χ0) is 13.9. The van der Waals surface area contributed by atoms with Crippen molar-refractivity contribution in [1.82, 2.24) is 0 Å². The number of nitrogens with one attached hydrogen (secondary N) is 1. The zero-order valence-electron chi connectivity index (χ0n) is 10.3. The Balaban J connectivity index is 2.01. The molecule has 19 heavy (non-hydrogen) atoms. The summed E-state index contributed by atoms with van der Waals surface area (Å²) >= 11 is 0. The maximum atomic E-state index is 11.9. The number of hydrogen-bond acceptors (Lipinski definition) is 4. The first kappa shape index (κ1) is 14.0. The van der Waals surface area contributed by atoms with Crippen molar-refractivity contribution in [2.24, 2.45) is 11.1 Å². The molecule has 0 radical (unpaired) electrons. The molecule has 0 aromatic heterocycles. The topological polar surface area (TPSA) is 98.5 Å². The van der Waals surface area contributed by atoms with E-state index in [0.717, 1.165) is 0 Å². The van der Waals surface area contributed by atoms with Crippen molar-refractivity contribution in [3.05, 3.63) is 24.3 Å². The van der Waals surface area contributed by atoms with Gasteiger partial charge in [0.05, 0.1) is 4.90 Å². The third kappa shape index (κ3) is 3.76. The van der Waals surface area contributed by atoms with E-state index in [9.17, 15) is 13.2 Å². The molecule has 0 aliphatic carbocycles. The van der Waals surface area contributed by atoms with Gasteiger partial charge in [-0.15, -0.1) is 0 Å². The first-order chi connectivity index (χ1) is 8.97. The Kier molecular flexibility index (Phi) is 4.18. The van der Waals surface area contributed by atoms with Crippen LogP contribution in [0, 0.1) is 5.92 Å². The third-order valence-corrected chi connectivity index (χ3v) is 3.97. The Morgan fingerprint density at radius 2 is 1.79 bits per heavy atom. The van der Waals surface area contributed by atoms with E-state index < -0.39 is 10.0 Å². The van der Waals surface area contributed by atoms with Gasteiger partial charge in [0.25, 0.3) is 0 Å². The highest BCUT2D eigenvalue weighted by Gasteiger charge is 2.21. The Bertz CT molecular complexity index is 548. The summed E-state index contributed by atoms with van der Waals surface area (Å²) in [6, 6.07) is 5.79. The number of benzene rings is 1. The minimum absolute atomic E-state index is 0.0246. The average Bonchev–Trinajstić information content (AvgIpc) is 2.39. The van der Waals surface area contributed by atoms with Crippen molar-refractivity contribution in [3.63, 3.8) is 0 Å². The van der Waals surface area contributed by atoms with Crippen LogP contribution in [0.2, 0.25) is 0 Å². The van der Waals surface area contributed by atoms with E-state index in [4.69, 9.17) is 9.88 Å². The molecule has 104 valence electrons. The van der Waals surface area contributed by atoms with Gasteiger partial charge in [0.15, 0.2) is 0 Å². The Morgan fingerprint density at radius 3 is 2.32 bits per heavy atom. The maximum absolute atomic E-state index is 11.9. The number of ether oxygens (including phenoxy) is 1. The van der Waals surface area contributed by atoms with E-state index in [1.807, 2.05) is 0 Å². The quantitative estimate of drug-likeness (QED) is 0.853. The van der Waals surface area contributed by atoms with Gasteiger partial charge in [-0.1, -0.05) is 0 Å². The van der Waals surface area contributed by atoms with Crippen LogP contribution < -0.4 is 10.5 Å². The summed E-state index contributed by atoms with van der Waals surface area (Å²) in [7, 11) is -3.70. The molecular weight excluding hydrogens is 268 g/mol. The summed E-state index contributed by atoms with van der Waals surface area (Å²) in [6.07, 6.45) is 1.42. The van der Waals surface area contributed by atoms with Crippen molar-refractivity contribution in [2.45, 2.75) is 17.7 Å². The van der Waals surface area contributed by atoms with E-state index in [1.165, 1.54) is 24.3 Å². The van der Waals surface area contributed by atoms with Gasteiger partial charge in [0, 0.05) is 24.8 Å². The first-order valence-electron chi connectivity index (χ1n) is 5.98. The fourth-order valence-corrected chi connectivity index (χ4v) is 2.45. The molecule has 0 bridgehead atoms. The first-order valence-corrected chi connectivity index (χ1v) is 7.53. The molecule has 0 unspecified atom stereocenters. The summed E-state index contributed by atoms with van der Waals surface area (Å²) in [5, 5.41) is 7.76. The number of carbonyl (C=O) groups excluding carboxylic acids is 1. The fraction of sp³-hybridized carbons (Fsp3) is 0.417. The lowest BCUT2D eigenvalue weighted by atomic mass is 9.99. The Morgan fingerprint density at radius 1 is 1.21 bits per heavy atom. The molecule has 1 aromatic rings. The second-order valence-electron chi connectivity index (χ2n) is 4.45. The van der Waals surface area contributed by atoms with Crippen LogP contribution in [0.25, 0.3) is 0 Å². The summed E-state index contributed by atoms with van der Waals surface area (Å²) < 4.78 is 27.4. The number of rotatable bonds is 3. The highest BCUT2D eigenvalue weighted by Crippen LogP contribution is 2.18. The van der Waals surface area contributed by atoms with Crippen LogP contribution >= 0.6 is 0 Å². The molecule has 1 aromatic carbocycles. The molecule has 1 fully saturated rings. The van der Waals surface area contributed by atoms with E-state index in [1.54, 1.807) is 0 Å². The molecule has 0 spiro atoms. The van der Waals surface area contributed by atoms with Crippen molar-refractivity contribution >= 4 is 21.6 Å². The number of amides is 1. The predicted molar refractivity (Wildman–Crippen MR) is 70.0 cm³/mol. The van der Waals surface area contributed by atoms with E-state index >= 15 is 0 Å². The van der Waals surface area contributed by atoms with E-state index in [-0.39, 0.29) is 16.7 Å². The van der Waals surface area contributed by atoms with Crippen molar-refractivity contribution < 1.29 is 17.9 Å². The predicted octanol–water partition coefficient (Wildman–Crippen LogP) is 0.699. The molecule has 1 amide bonds. The minimum Gasteiger partial charge on any atom is -0.381 e. The second-order valence-corrected chi connectivity index (χ2v) is 6.01. The summed E-state index contributed by atoms with van der Waals surface area (Å²) in [6.45, 7) is 1.20. The van der Waals surface area contributed by atoms with Gasteiger partial charge in [-0.2, -0.15) is 0 Å². The molecule has 1 aliphatic rings. The van der Waals surface area contributed by atoms with Gasteiger partial charge in [0.1, 0.15) is 0 Å². The number of hydrogen-bond donors (Lipinski definition) is 2. The molecule has 0 saturated carbocycles. The highest BCUT2D eigenvalue weighted by molar-refractivity contribution is 7.89. The molecule has 1 aliphatic heterocycles. The lowest BCUT2D eigenvalue weighted by Gasteiger charge is -2.21. The van der Waals surface area contributed by atoms with Gasteiger partial charge >= 0.3 is 0 Å². The molecule has 1 saturated heterocycles. The number of sulfonamides is 1. The second kappa shape index (κ2) is 5.68. The molecule has 3 N–H and O–H groups in total. The van der Waals surface area contributed by atoms with Crippen LogP contribution in [0.5, 0.6) is 0 Å². The van der Waals surface area contributed by atoms with Gasteiger partial charge in [-0.3, -0.25) is 4.79 Å². The van der Waals surface area contributed by atoms with Crippen LogP contribution in [0.3, 0.4) is 0 Å². The molecule has 2 rings (SSSR count). The van der Waals surface area contributed by atoms with Gasteiger partial charge in [-0.25, -0.2) is 13.6 Å². The SMILES string of the molecule is NS(=O)(=O)c1ccc(NC(=O)C2CCOCC2)cc1.